The first-order chi connectivity index (χ1) is 24.8. The van der Waals surface area contributed by atoms with Crippen LogP contribution in [0, 0.1) is 0 Å². The van der Waals surface area contributed by atoms with Crippen molar-refractivity contribution in [1.82, 2.24) is 4.57 Å². The van der Waals surface area contributed by atoms with E-state index >= 15 is 0 Å². The standard InChI is InChI=1S/C46H28N2OS/c1-2-11-30(12-3-1)48-41-16-8-6-14-35(41)40-26-31(21-25-42(40)48)47(33-20-24-38-37-15-7-9-17-44(37)50-45(38)28-33)32-19-23-36-39-22-18-29-10-4-5-13-34(29)46(39)49-43(36)27-32/h1-28H. The molecule has 0 N–H and O–H groups in total. The van der Waals surface area contributed by atoms with Crippen LogP contribution in [0.3, 0.4) is 0 Å². The molecule has 0 atom stereocenters. The summed E-state index contributed by atoms with van der Waals surface area (Å²) in [6.07, 6.45) is 0. The van der Waals surface area contributed by atoms with E-state index < -0.39 is 0 Å². The van der Waals surface area contributed by atoms with E-state index in [2.05, 4.69) is 179 Å². The van der Waals surface area contributed by atoms with E-state index in [9.17, 15) is 0 Å². The molecule has 0 spiro atoms. The molecule has 3 aromatic heterocycles. The average Bonchev–Trinajstić information content (AvgIpc) is 3.84. The Labute approximate surface area is 291 Å². The molecular formula is C46H28N2OS. The summed E-state index contributed by atoms with van der Waals surface area (Å²) in [4.78, 5) is 2.38. The lowest BCUT2D eigenvalue weighted by Crippen LogP contribution is -2.09. The molecule has 50 heavy (non-hydrogen) atoms. The molecule has 11 rings (SSSR count). The first-order valence-corrected chi connectivity index (χ1v) is 17.7. The highest BCUT2D eigenvalue weighted by molar-refractivity contribution is 7.25. The number of benzene rings is 8. The number of thiophene rings is 1. The number of fused-ring (bicyclic) bond motifs is 11. The zero-order valence-corrected chi connectivity index (χ0v) is 27.7. The predicted molar refractivity (Wildman–Crippen MR) is 213 cm³/mol. The Hall–Kier alpha value is -6.36. The van der Waals surface area contributed by atoms with Crippen molar-refractivity contribution in [3.05, 3.63) is 170 Å². The van der Waals surface area contributed by atoms with Crippen molar-refractivity contribution in [2.24, 2.45) is 0 Å². The Morgan fingerprint density at radius 2 is 1.06 bits per heavy atom. The second kappa shape index (κ2) is 10.6. The Morgan fingerprint density at radius 1 is 0.420 bits per heavy atom. The van der Waals surface area contributed by atoms with Gasteiger partial charge in [0, 0.05) is 75.9 Å². The smallest absolute Gasteiger partial charge is 0.143 e. The number of aromatic nitrogens is 1. The van der Waals surface area contributed by atoms with Crippen molar-refractivity contribution >= 4 is 103 Å². The van der Waals surface area contributed by atoms with Gasteiger partial charge in [0.2, 0.25) is 0 Å². The molecule has 234 valence electrons. The summed E-state index contributed by atoms with van der Waals surface area (Å²) >= 11 is 1.85. The molecular weight excluding hydrogens is 629 g/mol. The first-order valence-electron chi connectivity index (χ1n) is 16.9. The number of hydrogen-bond acceptors (Lipinski definition) is 3. The summed E-state index contributed by atoms with van der Waals surface area (Å²) < 4.78 is 11.6. The van der Waals surface area contributed by atoms with Crippen LogP contribution in [0.5, 0.6) is 0 Å². The summed E-state index contributed by atoms with van der Waals surface area (Å²) in [6, 6.07) is 61.3. The fraction of sp³-hybridized carbons (Fsp3) is 0. The normalized spacial score (nSPS) is 12.0. The molecule has 0 aliphatic rings. The summed E-state index contributed by atoms with van der Waals surface area (Å²) in [6.45, 7) is 0. The second-order valence-electron chi connectivity index (χ2n) is 12.9. The van der Waals surface area contributed by atoms with E-state index in [1.54, 1.807) is 0 Å². The van der Waals surface area contributed by atoms with Crippen molar-refractivity contribution in [2.45, 2.75) is 0 Å². The van der Waals surface area contributed by atoms with Crippen LogP contribution in [-0.2, 0) is 0 Å². The fourth-order valence-corrected chi connectivity index (χ4v) is 9.03. The molecule has 3 heterocycles. The van der Waals surface area contributed by atoms with Gasteiger partial charge >= 0.3 is 0 Å². The minimum Gasteiger partial charge on any atom is -0.455 e. The Balaban J connectivity index is 1.16. The number of anilines is 3. The fourth-order valence-electron chi connectivity index (χ4n) is 7.89. The number of rotatable bonds is 4. The minimum absolute atomic E-state index is 0.878. The van der Waals surface area contributed by atoms with Gasteiger partial charge in [-0.05, 0) is 78.2 Å². The van der Waals surface area contributed by atoms with Crippen LogP contribution in [0.4, 0.5) is 17.1 Å². The van der Waals surface area contributed by atoms with Gasteiger partial charge in [-0.25, -0.2) is 0 Å². The maximum Gasteiger partial charge on any atom is 0.143 e. The van der Waals surface area contributed by atoms with Crippen molar-refractivity contribution in [3.63, 3.8) is 0 Å². The zero-order chi connectivity index (χ0) is 32.8. The number of furan rings is 1. The number of para-hydroxylation sites is 2. The van der Waals surface area contributed by atoms with Crippen LogP contribution >= 0.6 is 11.3 Å². The molecule has 0 saturated carbocycles. The molecule has 0 bridgehead atoms. The average molecular weight is 657 g/mol. The van der Waals surface area contributed by atoms with Crippen LogP contribution in [0.25, 0.3) is 80.4 Å². The van der Waals surface area contributed by atoms with Gasteiger partial charge in [0.05, 0.1) is 11.0 Å². The van der Waals surface area contributed by atoms with E-state index in [0.717, 1.165) is 50.1 Å². The molecule has 11 aromatic rings. The molecule has 0 radical (unpaired) electrons. The third-order valence-corrected chi connectivity index (χ3v) is 11.3. The quantitative estimate of drug-likeness (QED) is 0.188. The lowest BCUT2D eigenvalue weighted by molar-refractivity contribution is 0.672. The molecule has 0 unspecified atom stereocenters. The highest BCUT2D eigenvalue weighted by atomic mass is 32.1. The Kier molecular flexibility index (Phi) is 5.83. The molecule has 0 fully saturated rings. The highest BCUT2D eigenvalue weighted by Crippen LogP contribution is 2.44. The predicted octanol–water partition coefficient (Wildman–Crippen LogP) is 13.7. The van der Waals surface area contributed by atoms with E-state index in [0.29, 0.717) is 0 Å². The van der Waals surface area contributed by atoms with Crippen molar-refractivity contribution < 1.29 is 4.42 Å². The van der Waals surface area contributed by atoms with Crippen molar-refractivity contribution in [1.29, 1.82) is 0 Å². The van der Waals surface area contributed by atoms with Crippen LogP contribution in [-0.4, -0.2) is 4.57 Å². The summed E-state index contributed by atoms with van der Waals surface area (Å²) in [5.74, 6) is 0. The molecule has 3 nitrogen and oxygen atoms in total. The van der Waals surface area contributed by atoms with Gasteiger partial charge < -0.3 is 13.9 Å². The van der Waals surface area contributed by atoms with Gasteiger partial charge in [-0.15, -0.1) is 11.3 Å². The summed E-state index contributed by atoms with van der Waals surface area (Å²) in [5, 5.41) is 9.61. The van der Waals surface area contributed by atoms with Gasteiger partial charge in [0.15, 0.2) is 0 Å². The zero-order valence-electron chi connectivity index (χ0n) is 26.9. The maximum absolute atomic E-state index is 6.69. The largest absolute Gasteiger partial charge is 0.455 e. The Bertz CT molecular complexity index is 3110. The summed E-state index contributed by atoms with van der Waals surface area (Å²) in [5.41, 5.74) is 8.59. The van der Waals surface area contributed by atoms with E-state index in [4.69, 9.17) is 4.42 Å². The van der Waals surface area contributed by atoms with Gasteiger partial charge in [-0.1, -0.05) is 91.0 Å². The molecule has 0 aliphatic carbocycles. The minimum atomic E-state index is 0.878. The van der Waals surface area contributed by atoms with E-state index in [-0.39, 0.29) is 0 Å². The molecule has 0 saturated heterocycles. The molecule has 4 heteroatoms. The van der Waals surface area contributed by atoms with Gasteiger partial charge in [-0.3, -0.25) is 0 Å². The van der Waals surface area contributed by atoms with Crippen molar-refractivity contribution in [2.75, 3.05) is 4.90 Å². The molecule has 0 amide bonds. The lowest BCUT2D eigenvalue weighted by Gasteiger charge is -2.26. The lowest BCUT2D eigenvalue weighted by atomic mass is 10.1. The highest BCUT2D eigenvalue weighted by Gasteiger charge is 2.20. The maximum atomic E-state index is 6.69. The van der Waals surface area contributed by atoms with Crippen LogP contribution in [0.1, 0.15) is 0 Å². The summed E-state index contributed by atoms with van der Waals surface area (Å²) in [7, 11) is 0. The number of nitrogens with zero attached hydrogens (tertiary/aromatic N) is 2. The molecule has 0 aliphatic heterocycles. The third-order valence-electron chi connectivity index (χ3n) is 10.2. The number of hydrogen-bond donors (Lipinski definition) is 0. The third kappa shape index (κ3) is 4.03. The van der Waals surface area contributed by atoms with E-state index in [1.165, 1.54) is 47.4 Å². The SMILES string of the molecule is c1ccc(-n2c3ccccc3c3cc(N(c4ccc5c(c4)oc4c6ccccc6ccc54)c4ccc5c(c4)sc4ccccc45)ccc32)cc1. The topological polar surface area (TPSA) is 21.3 Å². The van der Waals surface area contributed by atoms with E-state index in [1.807, 2.05) is 11.3 Å². The monoisotopic (exact) mass is 656 g/mol. The van der Waals surface area contributed by atoms with Crippen LogP contribution < -0.4 is 4.90 Å². The first kappa shape index (κ1) is 27.6. The second-order valence-corrected chi connectivity index (χ2v) is 14.0. The van der Waals surface area contributed by atoms with Gasteiger partial charge in [0.1, 0.15) is 11.2 Å². The van der Waals surface area contributed by atoms with Crippen LogP contribution in [0.15, 0.2) is 174 Å². The van der Waals surface area contributed by atoms with Gasteiger partial charge in [-0.2, -0.15) is 0 Å². The van der Waals surface area contributed by atoms with Gasteiger partial charge in [0.25, 0.3) is 0 Å². The molecule has 8 aromatic carbocycles. The van der Waals surface area contributed by atoms with Crippen molar-refractivity contribution in [3.8, 4) is 5.69 Å². The van der Waals surface area contributed by atoms with Crippen LogP contribution in [0.2, 0.25) is 0 Å². The Morgan fingerprint density at radius 3 is 1.96 bits per heavy atom.